The van der Waals surface area contributed by atoms with Crippen molar-refractivity contribution in [3.05, 3.63) is 63.6 Å². The molecule has 1 unspecified atom stereocenters. The van der Waals surface area contributed by atoms with Gasteiger partial charge in [-0.25, -0.2) is 0 Å². The van der Waals surface area contributed by atoms with Crippen LogP contribution in [0.5, 0.6) is 5.75 Å². The van der Waals surface area contributed by atoms with Gasteiger partial charge in [-0.15, -0.1) is 0 Å². The molecule has 2 aromatic rings. The maximum atomic E-state index is 6.23. The Morgan fingerprint density at radius 3 is 2.40 bits per heavy atom. The van der Waals surface area contributed by atoms with Crippen LogP contribution >= 0.6 is 23.2 Å². The van der Waals surface area contributed by atoms with Gasteiger partial charge in [0.1, 0.15) is 5.75 Å². The summed E-state index contributed by atoms with van der Waals surface area (Å²) >= 11 is 12.3. The SMILES string of the molecule is CNC(Cc1cc(Cl)ccc1Cl)c1ccc(OC)cc1. The molecule has 106 valence electrons. The lowest BCUT2D eigenvalue weighted by molar-refractivity contribution is 0.414. The second-order valence-electron chi connectivity index (χ2n) is 4.55. The van der Waals surface area contributed by atoms with E-state index in [-0.39, 0.29) is 6.04 Å². The summed E-state index contributed by atoms with van der Waals surface area (Å²) in [5, 5.41) is 4.75. The van der Waals surface area contributed by atoms with Gasteiger partial charge in [-0.3, -0.25) is 0 Å². The second-order valence-corrected chi connectivity index (χ2v) is 5.40. The summed E-state index contributed by atoms with van der Waals surface area (Å²) in [4.78, 5) is 0. The fourth-order valence-corrected chi connectivity index (χ4v) is 2.53. The van der Waals surface area contributed by atoms with E-state index in [1.165, 1.54) is 5.56 Å². The molecule has 2 rings (SSSR count). The van der Waals surface area contributed by atoms with Crippen LogP contribution in [-0.4, -0.2) is 14.2 Å². The molecule has 1 atom stereocenters. The van der Waals surface area contributed by atoms with Crippen LogP contribution in [0.4, 0.5) is 0 Å². The van der Waals surface area contributed by atoms with Crippen LogP contribution < -0.4 is 10.1 Å². The summed E-state index contributed by atoms with van der Waals surface area (Å²) in [6, 6.07) is 13.7. The summed E-state index contributed by atoms with van der Waals surface area (Å²) in [6.07, 6.45) is 0.780. The molecule has 0 aliphatic rings. The Kier molecular flexibility index (Phi) is 5.30. The van der Waals surface area contributed by atoms with Crippen LogP contribution in [0.15, 0.2) is 42.5 Å². The zero-order valence-corrected chi connectivity index (χ0v) is 13.0. The largest absolute Gasteiger partial charge is 0.497 e. The molecular weight excluding hydrogens is 293 g/mol. The van der Waals surface area contributed by atoms with E-state index in [1.807, 2.05) is 31.3 Å². The molecule has 0 bridgehead atoms. The number of nitrogens with one attached hydrogen (secondary N) is 1. The van der Waals surface area contributed by atoms with Crippen molar-refractivity contribution in [1.29, 1.82) is 0 Å². The number of ether oxygens (including phenoxy) is 1. The van der Waals surface area contributed by atoms with Gasteiger partial charge < -0.3 is 10.1 Å². The number of methoxy groups -OCH3 is 1. The van der Waals surface area contributed by atoms with Gasteiger partial charge in [0.25, 0.3) is 0 Å². The highest BCUT2D eigenvalue weighted by atomic mass is 35.5. The molecule has 2 aromatic carbocycles. The fraction of sp³-hybridized carbons (Fsp3) is 0.250. The predicted octanol–water partition coefficient (Wildman–Crippen LogP) is 4.51. The Morgan fingerprint density at radius 2 is 1.80 bits per heavy atom. The lowest BCUT2D eigenvalue weighted by Gasteiger charge is -2.18. The average Bonchev–Trinajstić information content (AvgIpc) is 2.48. The Labute approximate surface area is 129 Å². The Hall–Kier alpha value is -1.22. The van der Waals surface area contributed by atoms with E-state index in [0.29, 0.717) is 5.02 Å². The van der Waals surface area contributed by atoms with Gasteiger partial charge in [-0.2, -0.15) is 0 Å². The Balaban J connectivity index is 2.21. The van der Waals surface area contributed by atoms with Crippen molar-refractivity contribution in [2.45, 2.75) is 12.5 Å². The van der Waals surface area contributed by atoms with E-state index in [2.05, 4.69) is 17.4 Å². The number of hydrogen-bond acceptors (Lipinski definition) is 2. The van der Waals surface area contributed by atoms with Crippen LogP contribution in [0.1, 0.15) is 17.2 Å². The molecule has 0 aromatic heterocycles. The predicted molar refractivity (Wildman–Crippen MR) is 85.0 cm³/mol. The maximum Gasteiger partial charge on any atom is 0.118 e. The summed E-state index contributed by atoms with van der Waals surface area (Å²) in [5.74, 6) is 0.851. The molecular formula is C16H17Cl2NO. The summed E-state index contributed by atoms with van der Waals surface area (Å²) in [7, 11) is 3.60. The van der Waals surface area contributed by atoms with Crippen molar-refractivity contribution in [1.82, 2.24) is 5.32 Å². The van der Waals surface area contributed by atoms with Crippen LogP contribution in [0.25, 0.3) is 0 Å². The van der Waals surface area contributed by atoms with Crippen LogP contribution in [0.2, 0.25) is 10.0 Å². The fourth-order valence-electron chi connectivity index (χ4n) is 2.14. The molecule has 0 spiro atoms. The summed E-state index contributed by atoms with van der Waals surface area (Å²) in [6.45, 7) is 0. The third-order valence-electron chi connectivity index (χ3n) is 3.30. The minimum Gasteiger partial charge on any atom is -0.497 e. The van der Waals surface area contributed by atoms with Gasteiger partial charge in [0.2, 0.25) is 0 Å². The van der Waals surface area contributed by atoms with Crippen LogP contribution in [-0.2, 0) is 6.42 Å². The molecule has 0 aliphatic carbocycles. The van der Waals surface area contributed by atoms with Crippen molar-refractivity contribution >= 4 is 23.2 Å². The highest BCUT2D eigenvalue weighted by Crippen LogP contribution is 2.27. The first-order chi connectivity index (χ1) is 9.63. The molecule has 0 amide bonds. The highest BCUT2D eigenvalue weighted by Gasteiger charge is 2.12. The number of rotatable bonds is 5. The zero-order chi connectivity index (χ0) is 14.5. The zero-order valence-electron chi connectivity index (χ0n) is 11.5. The standard InChI is InChI=1S/C16H17Cl2NO/c1-19-16(11-3-6-14(20-2)7-4-11)10-12-9-13(17)5-8-15(12)18/h3-9,16,19H,10H2,1-2H3. The maximum absolute atomic E-state index is 6.23. The van der Waals surface area contributed by atoms with Gasteiger partial charge in [0, 0.05) is 16.1 Å². The van der Waals surface area contributed by atoms with Gasteiger partial charge in [0.05, 0.1) is 7.11 Å². The van der Waals surface area contributed by atoms with Gasteiger partial charge in [-0.05, 0) is 54.9 Å². The topological polar surface area (TPSA) is 21.3 Å². The minimum atomic E-state index is 0.178. The smallest absolute Gasteiger partial charge is 0.118 e. The molecule has 2 nitrogen and oxygen atoms in total. The van der Waals surface area contributed by atoms with Gasteiger partial charge >= 0.3 is 0 Å². The highest BCUT2D eigenvalue weighted by molar-refractivity contribution is 6.33. The van der Waals surface area contributed by atoms with E-state index in [1.54, 1.807) is 13.2 Å². The lowest BCUT2D eigenvalue weighted by Crippen LogP contribution is -2.19. The van der Waals surface area contributed by atoms with Gasteiger partial charge in [0.15, 0.2) is 0 Å². The molecule has 0 saturated carbocycles. The molecule has 0 saturated heterocycles. The molecule has 20 heavy (non-hydrogen) atoms. The third-order valence-corrected chi connectivity index (χ3v) is 3.90. The Morgan fingerprint density at radius 1 is 1.10 bits per heavy atom. The second kappa shape index (κ2) is 6.98. The molecule has 0 fully saturated rings. The van der Waals surface area contributed by atoms with Crippen LogP contribution in [0.3, 0.4) is 0 Å². The van der Waals surface area contributed by atoms with Gasteiger partial charge in [-0.1, -0.05) is 35.3 Å². The first kappa shape index (κ1) is 15.2. The summed E-state index contributed by atoms with van der Waals surface area (Å²) < 4.78 is 5.18. The van der Waals surface area contributed by atoms with E-state index in [9.17, 15) is 0 Å². The molecule has 0 radical (unpaired) electrons. The van der Waals surface area contributed by atoms with Crippen molar-refractivity contribution in [2.75, 3.05) is 14.2 Å². The first-order valence-electron chi connectivity index (χ1n) is 6.39. The van der Waals surface area contributed by atoms with Crippen LogP contribution in [0, 0.1) is 0 Å². The van der Waals surface area contributed by atoms with E-state index < -0.39 is 0 Å². The molecule has 4 heteroatoms. The van der Waals surface area contributed by atoms with Crippen molar-refractivity contribution in [3.8, 4) is 5.75 Å². The summed E-state index contributed by atoms with van der Waals surface area (Å²) in [5.41, 5.74) is 2.22. The number of benzene rings is 2. The average molecular weight is 310 g/mol. The van der Waals surface area contributed by atoms with Crippen molar-refractivity contribution in [3.63, 3.8) is 0 Å². The monoisotopic (exact) mass is 309 g/mol. The number of hydrogen-bond donors (Lipinski definition) is 1. The van der Waals surface area contributed by atoms with E-state index in [0.717, 1.165) is 22.8 Å². The van der Waals surface area contributed by atoms with E-state index >= 15 is 0 Å². The van der Waals surface area contributed by atoms with Crippen molar-refractivity contribution < 1.29 is 4.74 Å². The van der Waals surface area contributed by atoms with E-state index in [4.69, 9.17) is 27.9 Å². The first-order valence-corrected chi connectivity index (χ1v) is 7.14. The molecule has 0 heterocycles. The third kappa shape index (κ3) is 3.66. The minimum absolute atomic E-state index is 0.178. The normalized spacial score (nSPS) is 12.2. The van der Waals surface area contributed by atoms with Crippen molar-refractivity contribution in [2.24, 2.45) is 0 Å². The number of likely N-dealkylation sites (N-methyl/N-ethyl adjacent to an activating group) is 1. The quantitative estimate of drug-likeness (QED) is 0.877. The molecule has 0 aliphatic heterocycles. The number of halogens is 2. The molecule has 1 N–H and O–H groups in total. The Bertz CT molecular complexity index is 569. The lowest BCUT2D eigenvalue weighted by atomic mass is 9.99.